The van der Waals surface area contributed by atoms with Crippen molar-refractivity contribution in [2.45, 2.75) is 63.2 Å². The molecule has 1 amide bonds. The van der Waals surface area contributed by atoms with Gasteiger partial charge in [0.05, 0.1) is 10.8 Å². The van der Waals surface area contributed by atoms with Crippen LogP contribution < -0.4 is 10.8 Å². The van der Waals surface area contributed by atoms with Crippen LogP contribution in [0.25, 0.3) is 0 Å². The standard InChI is InChI=1S/C28H34N4O3S/c1-27(25(33)31-21-29,23-13-5-3-6-14-23)17-9-11-19-36-20-12-10-18-28(2,26(34)35-32-22-30)24-15-7-4-8-16-24/h3-8,13-16,32H,9-12,17-20H2,1-2H3,(H,31,33). The monoisotopic (exact) mass is 506 g/mol. The van der Waals surface area contributed by atoms with Crippen molar-refractivity contribution < 1.29 is 14.4 Å². The molecule has 0 aliphatic heterocycles. The predicted molar refractivity (Wildman–Crippen MR) is 141 cm³/mol. The van der Waals surface area contributed by atoms with E-state index in [1.807, 2.05) is 91.8 Å². The number of nitriles is 2. The Kier molecular flexibility index (Phi) is 11.8. The molecular weight excluding hydrogens is 472 g/mol. The van der Waals surface area contributed by atoms with E-state index in [-0.39, 0.29) is 5.91 Å². The van der Waals surface area contributed by atoms with Crippen molar-refractivity contribution >= 4 is 23.6 Å². The summed E-state index contributed by atoms with van der Waals surface area (Å²) >= 11 is 1.86. The van der Waals surface area contributed by atoms with Crippen LogP contribution in [0.4, 0.5) is 0 Å². The van der Waals surface area contributed by atoms with Crippen LogP contribution in [0.15, 0.2) is 60.7 Å². The molecule has 0 aromatic heterocycles. The smallest absolute Gasteiger partial charge is 0.333 e. The van der Waals surface area contributed by atoms with Gasteiger partial charge in [-0.25, -0.2) is 4.79 Å². The molecule has 0 radical (unpaired) electrons. The number of carbonyl (C=O) groups is 2. The molecule has 8 heteroatoms. The molecule has 0 bridgehead atoms. The summed E-state index contributed by atoms with van der Waals surface area (Å²) in [7, 11) is 0. The number of thioether (sulfide) groups is 1. The number of hydrogen-bond donors (Lipinski definition) is 2. The Bertz CT molecular complexity index is 1050. The molecule has 0 aliphatic rings. The molecule has 0 heterocycles. The van der Waals surface area contributed by atoms with Gasteiger partial charge < -0.3 is 4.84 Å². The zero-order valence-electron chi connectivity index (χ0n) is 21.0. The maximum atomic E-state index is 12.6. The number of rotatable bonds is 15. The van der Waals surface area contributed by atoms with Gasteiger partial charge >= 0.3 is 5.97 Å². The fourth-order valence-electron chi connectivity index (χ4n) is 4.20. The first kappa shape index (κ1) is 28.7. The van der Waals surface area contributed by atoms with E-state index in [2.05, 4.69) is 5.32 Å². The Morgan fingerprint density at radius 1 is 0.806 bits per heavy atom. The number of unbranched alkanes of at least 4 members (excludes halogenated alkanes) is 2. The molecule has 2 N–H and O–H groups in total. The summed E-state index contributed by atoms with van der Waals surface area (Å²) in [6.07, 6.45) is 8.32. The lowest BCUT2D eigenvalue weighted by Gasteiger charge is -2.27. The van der Waals surface area contributed by atoms with E-state index < -0.39 is 16.8 Å². The summed E-state index contributed by atoms with van der Waals surface area (Å²) in [5, 5.41) is 19.9. The number of nitrogens with one attached hydrogen (secondary N) is 2. The summed E-state index contributed by atoms with van der Waals surface area (Å²) in [6.45, 7) is 3.74. The second kappa shape index (κ2) is 14.8. The van der Waals surface area contributed by atoms with Gasteiger partial charge in [-0.05, 0) is 62.2 Å². The minimum Gasteiger partial charge on any atom is -0.333 e. The van der Waals surface area contributed by atoms with E-state index in [4.69, 9.17) is 15.4 Å². The molecule has 2 unspecified atom stereocenters. The largest absolute Gasteiger partial charge is 0.343 e. The topological polar surface area (TPSA) is 115 Å². The molecule has 0 aliphatic carbocycles. The van der Waals surface area contributed by atoms with E-state index in [1.54, 1.807) is 12.4 Å². The van der Waals surface area contributed by atoms with Gasteiger partial charge in [-0.3, -0.25) is 10.1 Å². The average Bonchev–Trinajstić information content (AvgIpc) is 2.91. The van der Waals surface area contributed by atoms with Crippen LogP contribution in [-0.2, 0) is 25.3 Å². The summed E-state index contributed by atoms with van der Waals surface area (Å²) in [6, 6.07) is 19.1. The van der Waals surface area contributed by atoms with Gasteiger partial charge in [0.15, 0.2) is 6.19 Å². The van der Waals surface area contributed by atoms with Gasteiger partial charge in [-0.15, -0.1) is 0 Å². The van der Waals surface area contributed by atoms with Crippen molar-refractivity contribution in [2.24, 2.45) is 0 Å². The second-order valence-electron chi connectivity index (χ2n) is 9.09. The Morgan fingerprint density at radius 3 is 1.81 bits per heavy atom. The van der Waals surface area contributed by atoms with Crippen LogP contribution in [0.3, 0.4) is 0 Å². The minimum absolute atomic E-state index is 0.270. The molecule has 0 fully saturated rings. The summed E-state index contributed by atoms with van der Waals surface area (Å²) in [4.78, 5) is 30.2. The Labute approximate surface area is 218 Å². The summed E-state index contributed by atoms with van der Waals surface area (Å²) in [5.41, 5.74) is 2.21. The molecular formula is C28H34N4O3S. The number of hydrogen-bond acceptors (Lipinski definition) is 7. The molecule has 2 aromatic carbocycles. The first-order valence-corrected chi connectivity index (χ1v) is 13.3. The van der Waals surface area contributed by atoms with Crippen molar-refractivity contribution in [1.29, 1.82) is 10.5 Å². The average molecular weight is 507 g/mol. The third-order valence-corrected chi connectivity index (χ3v) is 7.72. The van der Waals surface area contributed by atoms with Gasteiger partial charge in [0.25, 0.3) is 0 Å². The lowest BCUT2D eigenvalue weighted by molar-refractivity contribution is -0.155. The quantitative estimate of drug-likeness (QED) is 0.149. The van der Waals surface area contributed by atoms with Crippen molar-refractivity contribution in [3.05, 3.63) is 71.8 Å². The van der Waals surface area contributed by atoms with Crippen LogP contribution in [0.5, 0.6) is 0 Å². The molecule has 0 spiro atoms. The third-order valence-electron chi connectivity index (χ3n) is 6.56. The Balaban J connectivity index is 1.77. The number of nitrogens with zero attached hydrogens (tertiary/aromatic N) is 2. The van der Waals surface area contributed by atoms with Crippen LogP contribution in [0, 0.1) is 22.9 Å². The molecule has 0 saturated heterocycles. The molecule has 2 atom stereocenters. The van der Waals surface area contributed by atoms with Crippen molar-refractivity contribution in [3.63, 3.8) is 0 Å². The predicted octanol–water partition coefficient (Wildman–Crippen LogP) is 5.10. The van der Waals surface area contributed by atoms with Gasteiger partial charge in [0.2, 0.25) is 12.1 Å². The number of benzene rings is 2. The fraction of sp³-hybridized carbons (Fsp3) is 0.429. The number of amides is 1. The highest BCUT2D eigenvalue weighted by Gasteiger charge is 2.37. The van der Waals surface area contributed by atoms with Gasteiger partial charge in [-0.2, -0.15) is 27.8 Å². The molecule has 0 saturated carbocycles. The summed E-state index contributed by atoms with van der Waals surface area (Å²) in [5.74, 6) is 1.22. The molecule has 2 aromatic rings. The maximum absolute atomic E-state index is 12.6. The third kappa shape index (κ3) is 8.03. The van der Waals surface area contributed by atoms with Crippen molar-refractivity contribution in [2.75, 3.05) is 11.5 Å². The highest BCUT2D eigenvalue weighted by molar-refractivity contribution is 7.99. The fourth-order valence-corrected chi connectivity index (χ4v) is 5.22. The van der Waals surface area contributed by atoms with E-state index in [0.717, 1.165) is 48.3 Å². The summed E-state index contributed by atoms with van der Waals surface area (Å²) < 4.78 is 0. The van der Waals surface area contributed by atoms with Gasteiger partial charge in [0, 0.05) is 0 Å². The SMILES string of the molecule is CC(CCCCSCCCCC(C)(C(=O)ONC#N)c1ccccc1)(C(=O)NC#N)c1ccccc1. The molecule has 2 rings (SSSR count). The van der Waals surface area contributed by atoms with Crippen LogP contribution in [0.2, 0.25) is 0 Å². The molecule has 7 nitrogen and oxygen atoms in total. The van der Waals surface area contributed by atoms with E-state index >= 15 is 0 Å². The lowest BCUT2D eigenvalue weighted by atomic mass is 9.77. The maximum Gasteiger partial charge on any atom is 0.343 e. The van der Waals surface area contributed by atoms with Crippen LogP contribution in [-0.4, -0.2) is 23.4 Å². The van der Waals surface area contributed by atoms with Crippen LogP contribution in [0.1, 0.15) is 63.5 Å². The Hall–Kier alpha value is -3.49. The first-order chi connectivity index (χ1) is 17.4. The van der Waals surface area contributed by atoms with Gasteiger partial charge in [0.1, 0.15) is 0 Å². The highest BCUT2D eigenvalue weighted by Crippen LogP contribution is 2.32. The zero-order valence-corrected chi connectivity index (χ0v) is 21.8. The normalized spacial score (nSPS) is 13.8. The number of hydroxylamine groups is 1. The highest BCUT2D eigenvalue weighted by atomic mass is 32.2. The molecule has 190 valence electrons. The zero-order chi connectivity index (χ0) is 26.3. The molecule has 36 heavy (non-hydrogen) atoms. The van der Waals surface area contributed by atoms with E-state index in [1.165, 1.54) is 0 Å². The minimum atomic E-state index is -0.832. The lowest BCUT2D eigenvalue weighted by Crippen LogP contribution is -2.40. The van der Waals surface area contributed by atoms with E-state index in [0.29, 0.717) is 12.8 Å². The van der Waals surface area contributed by atoms with Gasteiger partial charge in [-0.1, -0.05) is 73.5 Å². The van der Waals surface area contributed by atoms with Crippen molar-refractivity contribution in [3.8, 4) is 12.4 Å². The number of carbonyl (C=O) groups excluding carboxylic acids is 2. The van der Waals surface area contributed by atoms with Crippen LogP contribution >= 0.6 is 11.8 Å². The van der Waals surface area contributed by atoms with E-state index in [9.17, 15) is 9.59 Å². The van der Waals surface area contributed by atoms with Crippen molar-refractivity contribution in [1.82, 2.24) is 10.8 Å². The first-order valence-electron chi connectivity index (χ1n) is 12.1. The Morgan fingerprint density at radius 2 is 1.31 bits per heavy atom. The second-order valence-corrected chi connectivity index (χ2v) is 10.3.